The summed E-state index contributed by atoms with van der Waals surface area (Å²) in [6, 6.07) is 16.2. The van der Waals surface area contributed by atoms with Crippen LogP contribution in [0.2, 0.25) is 0 Å². The van der Waals surface area contributed by atoms with Crippen LogP contribution in [-0.2, 0) is 20.7 Å². The smallest absolute Gasteiger partial charge is 0.227 e. The van der Waals surface area contributed by atoms with E-state index in [9.17, 15) is 14.0 Å². The number of nitrogens with zero attached hydrogens (tertiary/aromatic N) is 2. The van der Waals surface area contributed by atoms with Crippen LogP contribution in [0.1, 0.15) is 36.5 Å². The van der Waals surface area contributed by atoms with Crippen LogP contribution in [0.4, 0.5) is 4.39 Å². The zero-order valence-electron chi connectivity index (χ0n) is 16.1. The Morgan fingerprint density at radius 1 is 1.14 bits per heavy atom. The van der Waals surface area contributed by atoms with E-state index < -0.39 is 5.72 Å². The molecule has 0 radical (unpaired) electrons. The predicted molar refractivity (Wildman–Crippen MR) is 104 cm³/mol. The molecule has 29 heavy (non-hydrogen) atoms. The van der Waals surface area contributed by atoms with E-state index in [4.69, 9.17) is 4.74 Å². The third-order valence-electron chi connectivity index (χ3n) is 6.49. The number of halogens is 1. The fourth-order valence-electron chi connectivity index (χ4n) is 5.05. The van der Waals surface area contributed by atoms with Crippen molar-refractivity contribution in [3.8, 4) is 0 Å². The molecular weight excluding hydrogens is 371 g/mol. The van der Waals surface area contributed by atoms with E-state index >= 15 is 0 Å². The fourth-order valence-corrected chi connectivity index (χ4v) is 5.05. The largest absolute Gasteiger partial charge is 0.343 e. The maximum absolute atomic E-state index is 13.9. The van der Waals surface area contributed by atoms with Crippen LogP contribution in [0.15, 0.2) is 54.6 Å². The molecule has 3 heterocycles. The Morgan fingerprint density at radius 2 is 1.90 bits per heavy atom. The summed E-state index contributed by atoms with van der Waals surface area (Å²) in [7, 11) is 0. The first-order valence-corrected chi connectivity index (χ1v) is 10.1. The average Bonchev–Trinajstić information content (AvgIpc) is 3.36. The first-order chi connectivity index (χ1) is 14.1. The second-order valence-corrected chi connectivity index (χ2v) is 8.01. The lowest BCUT2D eigenvalue weighted by molar-refractivity contribution is -0.142. The van der Waals surface area contributed by atoms with Crippen LogP contribution < -0.4 is 0 Å². The lowest BCUT2D eigenvalue weighted by atomic mass is 10.1. The van der Waals surface area contributed by atoms with Crippen molar-refractivity contribution in [3.05, 3.63) is 71.5 Å². The van der Waals surface area contributed by atoms with E-state index in [0.29, 0.717) is 37.9 Å². The van der Waals surface area contributed by atoms with Gasteiger partial charge in [0.1, 0.15) is 11.9 Å². The van der Waals surface area contributed by atoms with Crippen LogP contribution in [0.25, 0.3) is 0 Å². The van der Waals surface area contributed by atoms with Crippen LogP contribution in [0.5, 0.6) is 0 Å². The average molecular weight is 394 g/mol. The molecule has 6 heteroatoms. The summed E-state index contributed by atoms with van der Waals surface area (Å²) < 4.78 is 20.3. The number of rotatable bonds is 4. The van der Waals surface area contributed by atoms with Crippen molar-refractivity contribution in [1.82, 2.24) is 9.80 Å². The first-order valence-electron chi connectivity index (χ1n) is 10.1. The van der Waals surface area contributed by atoms with E-state index in [-0.39, 0.29) is 36.2 Å². The van der Waals surface area contributed by atoms with Gasteiger partial charge in [0, 0.05) is 19.4 Å². The minimum absolute atomic E-state index is 0.0417. The molecule has 2 aromatic rings. The van der Waals surface area contributed by atoms with E-state index in [1.165, 1.54) is 6.07 Å². The van der Waals surface area contributed by atoms with Gasteiger partial charge in [-0.1, -0.05) is 48.5 Å². The van der Waals surface area contributed by atoms with Crippen LogP contribution >= 0.6 is 0 Å². The van der Waals surface area contributed by atoms with Crippen molar-refractivity contribution in [2.75, 3.05) is 13.1 Å². The molecule has 5 rings (SSSR count). The highest BCUT2D eigenvalue weighted by atomic mass is 19.1. The maximum Gasteiger partial charge on any atom is 0.227 e. The Balaban J connectivity index is 1.32. The van der Waals surface area contributed by atoms with Crippen molar-refractivity contribution < 1.29 is 18.7 Å². The molecule has 1 spiro atoms. The molecule has 0 saturated carbocycles. The van der Waals surface area contributed by atoms with Gasteiger partial charge < -0.3 is 14.5 Å². The Hall–Kier alpha value is -2.73. The maximum atomic E-state index is 13.9. The highest BCUT2D eigenvalue weighted by Gasteiger charge is 2.64. The topological polar surface area (TPSA) is 49.9 Å². The zero-order valence-corrected chi connectivity index (χ0v) is 16.1. The monoisotopic (exact) mass is 394 g/mol. The minimum Gasteiger partial charge on any atom is -0.343 e. The predicted octanol–water partition coefficient (Wildman–Crippen LogP) is 3.06. The molecule has 2 aromatic carbocycles. The first kappa shape index (κ1) is 18.3. The third kappa shape index (κ3) is 2.94. The molecule has 3 aliphatic heterocycles. The molecule has 0 N–H and O–H groups in total. The number of hydrogen-bond donors (Lipinski definition) is 0. The van der Waals surface area contributed by atoms with Crippen LogP contribution in [-0.4, -0.2) is 46.5 Å². The number of amides is 2. The molecule has 0 unspecified atom stereocenters. The fraction of sp³-hybridized carbons (Fsp3) is 0.391. The molecule has 150 valence electrons. The normalized spacial score (nSPS) is 28.0. The second kappa shape index (κ2) is 6.95. The number of aryl methyl sites for hydroxylation is 1. The SMILES string of the molecule is O=C(CCc1ccccc1F)N1CC[C@@]23O[C@@H](c4ccccc4)CN2C(=O)C[C@@H]13. The quantitative estimate of drug-likeness (QED) is 0.801. The van der Waals surface area contributed by atoms with E-state index in [1.54, 1.807) is 23.1 Å². The van der Waals surface area contributed by atoms with Gasteiger partial charge in [0.25, 0.3) is 0 Å². The van der Waals surface area contributed by atoms with Gasteiger partial charge in [-0.2, -0.15) is 0 Å². The minimum atomic E-state index is -0.717. The third-order valence-corrected chi connectivity index (χ3v) is 6.49. The molecular formula is C23H23FN2O3. The molecule has 0 aliphatic carbocycles. The Morgan fingerprint density at radius 3 is 2.69 bits per heavy atom. The summed E-state index contributed by atoms with van der Waals surface area (Å²) in [5.74, 6) is -0.290. The molecule has 2 amide bonds. The van der Waals surface area contributed by atoms with Gasteiger partial charge in [-0.05, 0) is 23.6 Å². The molecule has 3 atom stereocenters. The van der Waals surface area contributed by atoms with Gasteiger partial charge in [0.05, 0.1) is 19.0 Å². The standard InChI is InChI=1S/C23H23FN2O3/c24-18-9-5-4-6-16(18)10-11-21(27)25-13-12-23-20(25)14-22(28)26(23)15-19(29-23)17-7-2-1-3-8-17/h1-9,19-20H,10-15H2/t19-,20-,23+/m1/s1. The number of benzene rings is 2. The van der Waals surface area contributed by atoms with Crippen LogP contribution in [0, 0.1) is 5.82 Å². The van der Waals surface area contributed by atoms with Crippen LogP contribution in [0.3, 0.4) is 0 Å². The van der Waals surface area contributed by atoms with Gasteiger partial charge in [-0.3, -0.25) is 9.59 Å². The Labute approximate surface area is 169 Å². The molecule has 3 fully saturated rings. The molecule has 0 aromatic heterocycles. The van der Waals surface area contributed by atoms with E-state index in [2.05, 4.69) is 0 Å². The summed E-state index contributed by atoms with van der Waals surface area (Å²) >= 11 is 0. The van der Waals surface area contributed by atoms with E-state index in [0.717, 1.165) is 5.56 Å². The van der Waals surface area contributed by atoms with Crippen molar-refractivity contribution in [3.63, 3.8) is 0 Å². The van der Waals surface area contributed by atoms with Gasteiger partial charge in [0.2, 0.25) is 11.8 Å². The summed E-state index contributed by atoms with van der Waals surface area (Å²) in [4.78, 5) is 29.2. The summed E-state index contributed by atoms with van der Waals surface area (Å²) in [6.45, 7) is 1.09. The molecule has 5 nitrogen and oxygen atoms in total. The van der Waals surface area contributed by atoms with E-state index in [1.807, 2.05) is 35.2 Å². The lowest BCUT2D eigenvalue weighted by Gasteiger charge is -2.32. The summed E-state index contributed by atoms with van der Waals surface area (Å²) in [6.07, 6.45) is 1.33. The van der Waals surface area contributed by atoms with Gasteiger partial charge >= 0.3 is 0 Å². The number of carbonyl (C=O) groups excluding carboxylic acids is 2. The number of ether oxygens (including phenoxy) is 1. The second-order valence-electron chi connectivity index (χ2n) is 8.01. The number of carbonyl (C=O) groups is 2. The summed E-state index contributed by atoms with van der Waals surface area (Å²) in [5, 5.41) is 0. The summed E-state index contributed by atoms with van der Waals surface area (Å²) in [5.41, 5.74) is 0.873. The van der Waals surface area contributed by atoms with Crippen molar-refractivity contribution in [2.45, 2.75) is 43.6 Å². The van der Waals surface area contributed by atoms with Crippen molar-refractivity contribution >= 4 is 11.8 Å². The number of hydrogen-bond acceptors (Lipinski definition) is 3. The van der Waals surface area contributed by atoms with Gasteiger partial charge in [-0.15, -0.1) is 0 Å². The van der Waals surface area contributed by atoms with Gasteiger partial charge in [-0.25, -0.2) is 4.39 Å². The highest BCUT2D eigenvalue weighted by molar-refractivity contribution is 5.85. The highest BCUT2D eigenvalue weighted by Crippen LogP contribution is 2.50. The number of likely N-dealkylation sites (tertiary alicyclic amines) is 1. The molecule has 3 saturated heterocycles. The van der Waals surface area contributed by atoms with Crippen molar-refractivity contribution in [2.24, 2.45) is 0 Å². The molecule has 3 aliphatic rings. The van der Waals surface area contributed by atoms with Gasteiger partial charge in [0.15, 0.2) is 5.72 Å². The Bertz CT molecular complexity index is 950. The zero-order chi connectivity index (χ0) is 20.0. The molecule has 0 bridgehead atoms. The lowest BCUT2D eigenvalue weighted by Crippen LogP contribution is -2.48. The Kier molecular flexibility index (Phi) is 4.39. The van der Waals surface area contributed by atoms with Crippen molar-refractivity contribution in [1.29, 1.82) is 0 Å².